The van der Waals surface area contributed by atoms with Gasteiger partial charge in [0.25, 0.3) is 0 Å². The summed E-state index contributed by atoms with van der Waals surface area (Å²) in [6, 6.07) is 19.7. The zero-order valence-electron chi connectivity index (χ0n) is 18.5. The number of hydrogen-bond donors (Lipinski definition) is 1. The summed E-state index contributed by atoms with van der Waals surface area (Å²) in [5.41, 5.74) is 3.71. The number of nitrogens with one attached hydrogen (secondary N) is 1. The standard InChI is InChI=1S/C26H26ClN5O/c1-18(19-8-3-2-4-9-19)29-26(33)20-10-7-14-31(17-20)25-24-16-23(30-32(24)15-13-28-25)21-11-5-6-12-22(21)27/h2-6,8-9,11-13,15-16,18,20H,7,10,14,17H2,1H3,(H,29,33)/t18-,20+/m0/s1. The van der Waals surface area contributed by atoms with E-state index in [9.17, 15) is 4.79 Å². The van der Waals surface area contributed by atoms with Crippen molar-refractivity contribution < 1.29 is 4.79 Å². The maximum Gasteiger partial charge on any atom is 0.225 e. The fourth-order valence-corrected chi connectivity index (χ4v) is 4.72. The minimum Gasteiger partial charge on any atom is -0.354 e. The van der Waals surface area contributed by atoms with Gasteiger partial charge in [0, 0.05) is 31.0 Å². The van der Waals surface area contributed by atoms with Gasteiger partial charge in [-0.25, -0.2) is 9.50 Å². The minimum absolute atomic E-state index is 0.0244. The van der Waals surface area contributed by atoms with Crippen LogP contribution in [0.15, 0.2) is 73.1 Å². The number of benzene rings is 2. The summed E-state index contributed by atoms with van der Waals surface area (Å²) in [7, 11) is 0. The molecule has 0 unspecified atom stereocenters. The first-order valence-electron chi connectivity index (χ1n) is 11.3. The maximum atomic E-state index is 13.1. The molecule has 6 nitrogen and oxygen atoms in total. The minimum atomic E-state index is -0.0853. The van der Waals surface area contributed by atoms with E-state index < -0.39 is 0 Å². The molecule has 1 N–H and O–H groups in total. The summed E-state index contributed by atoms with van der Waals surface area (Å²) in [4.78, 5) is 19.9. The molecule has 0 spiro atoms. The predicted molar refractivity (Wildman–Crippen MR) is 131 cm³/mol. The Morgan fingerprint density at radius 2 is 1.94 bits per heavy atom. The molecule has 1 aliphatic rings. The number of fused-ring (bicyclic) bond motifs is 1. The normalized spacial score (nSPS) is 17.2. The number of carbonyl (C=O) groups excluding carboxylic acids is 1. The first kappa shape index (κ1) is 21.5. The molecule has 5 rings (SSSR count). The Labute approximate surface area is 198 Å². The number of halogens is 1. The second kappa shape index (κ2) is 9.24. The first-order chi connectivity index (χ1) is 16.1. The number of aromatic nitrogens is 3. The lowest BCUT2D eigenvalue weighted by atomic mass is 9.96. The lowest BCUT2D eigenvalue weighted by Crippen LogP contribution is -2.44. The number of rotatable bonds is 5. The Morgan fingerprint density at radius 1 is 1.15 bits per heavy atom. The van der Waals surface area contributed by atoms with Crippen molar-refractivity contribution in [3.8, 4) is 11.3 Å². The van der Waals surface area contributed by atoms with Gasteiger partial charge in [-0.2, -0.15) is 5.10 Å². The van der Waals surface area contributed by atoms with Crippen LogP contribution >= 0.6 is 11.6 Å². The van der Waals surface area contributed by atoms with Gasteiger partial charge in [-0.05, 0) is 37.5 Å². The van der Waals surface area contributed by atoms with E-state index in [2.05, 4.69) is 15.2 Å². The smallest absolute Gasteiger partial charge is 0.225 e. The highest BCUT2D eigenvalue weighted by Gasteiger charge is 2.28. The third-order valence-corrected chi connectivity index (χ3v) is 6.60. The van der Waals surface area contributed by atoms with E-state index in [1.54, 1.807) is 6.20 Å². The molecule has 1 amide bonds. The van der Waals surface area contributed by atoms with Gasteiger partial charge in [0.15, 0.2) is 5.82 Å². The van der Waals surface area contributed by atoms with Gasteiger partial charge in [0.05, 0.1) is 22.7 Å². The molecule has 1 saturated heterocycles. The topological polar surface area (TPSA) is 62.5 Å². The van der Waals surface area contributed by atoms with Gasteiger partial charge in [-0.1, -0.05) is 60.1 Å². The van der Waals surface area contributed by atoms with Crippen LogP contribution in [-0.2, 0) is 4.79 Å². The first-order valence-corrected chi connectivity index (χ1v) is 11.7. The average Bonchev–Trinajstić information content (AvgIpc) is 3.29. The second-order valence-corrected chi connectivity index (χ2v) is 8.92. The van der Waals surface area contributed by atoms with Crippen LogP contribution in [0.5, 0.6) is 0 Å². The summed E-state index contributed by atoms with van der Waals surface area (Å²) < 4.78 is 1.84. The number of carbonyl (C=O) groups is 1. The van der Waals surface area contributed by atoms with Crippen LogP contribution in [0, 0.1) is 5.92 Å². The second-order valence-electron chi connectivity index (χ2n) is 8.52. The maximum absolute atomic E-state index is 13.1. The molecule has 4 aromatic rings. The van der Waals surface area contributed by atoms with E-state index in [1.807, 2.05) is 78.3 Å². The van der Waals surface area contributed by atoms with Crippen molar-refractivity contribution in [1.82, 2.24) is 19.9 Å². The number of anilines is 1. The van der Waals surface area contributed by atoms with E-state index in [0.717, 1.165) is 47.5 Å². The summed E-state index contributed by atoms with van der Waals surface area (Å²) in [6.45, 7) is 3.52. The van der Waals surface area contributed by atoms with Gasteiger partial charge in [0.2, 0.25) is 5.91 Å². The Morgan fingerprint density at radius 3 is 2.76 bits per heavy atom. The van der Waals surface area contributed by atoms with Gasteiger partial charge >= 0.3 is 0 Å². The Balaban J connectivity index is 1.36. The van der Waals surface area contributed by atoms with Crippen LogP contribution in [-0.4, -0.2) is 33.6 Å². The van der Waals surface area contributed by atoms with Crippen molar-refractivity contribution in [2.75, 3.05) is 18.0 Å². The monoisotopic (exact) mass is 459 g/mol. The zero-order valence-corrected chi connectivity index (χ0v) is 19.2. The number of hydrogen-bond acceptors (Lipinski definition) is 4. The lowest BCUT2D eigenvalue weighted by molar-refractivity contribution is -0.125. The number of nitrogens with zero attached hydrogens (tertiary/aromatic N) is 4. The summed E-state index contributed by atoms with van der Waals surface area (Å²) in [6.07, 6.45) is 5.41. The van der Waals surface area contributed by atoms with Gasteiger partial charge in [-0.3, -0.25) is 4.79 Å². The van der Waals surface area contributed by atoms with Crippen LogP contribution in [0.3, 0.4) is 0 Å². The highest BCUT2D eigenvalue weighted by molar-refractivity contribution is 6.33. The van der Waals surface area contributed by atoms with E-state index in [1.165, 1.54) is 0 Å². The molecule has 2 aromatic carbocycles. The van der Waals surface area contributed by atoms with Crippen LogP contribution in [0.2, 0.25) is 5.02 Å². The van der Waals surface area contributed by atoms with Gasteiger partial charge in [-0.15, -0.1) is 0 Å². The summed E-state index contributed by atoms with van der Waals surface area (Å²) >= 11 is 6.39. The Hall–Kier alpha value is -3.38. The molecule has 2 atom stereocenters. The highest BCUT2D eigenvalue weighted by Crippen LogP contribution is 2.31. The fraction of sp³-hybridized carbons (Fsp3) is 0.269. The molecule has 0 bridgehead atoms. The molecular weight excluding hydrogens is 434 g/mol. The van der Waals surface area contributed by atoms with Crippen LogP contribution in [0.4, 0.5) is 5.82 Å². The largest absolute Gasteiger partial charge is 0.354 e. The third kappa shape index (κ3) is 4.44. The molecule has 0 aliphatic carbocycles. The van der Waals surface area contributed by atoms with Crippen LogP contribution in [0.25, 0.3) is 16.8 Å². The molecular formula is C26H26ClN5O. The molecule has 3 heterocycles. The quantitative estimate of drug-likeness (QED) is 0.448. The van der Waals surface area contributed by atoms with Crippen molar-refractivity contribution in [1.29, 1.82) is 0 Å². The molecule has 1 aliphatic heterocycles. The molecule has 0 radical (unpaired) electrons. The van der Waals surface area contributed by atoms with Crippen molar-refractivity contribution in [2.45, 2.75) is 25.8 Å². The van der Waals surface area contributed by atoms with Crippen molar-refractivity contribution in [2.24, 2.45) is 5.92 Å². The van der Waals surface area contributed by atoms with Gasteiger partial charge < -0.3 is 10.2 Å². The average molecular weight is 460 g/mol. The van der Waals surface area contributed by atoms with E-state index in [0.29, 0.717) is 11.6 Å². The highest BCUT2D eigenvalue weighted by atomic mass is 35.5. The molecule has 33 heavy (non-hydrogen) atoms. The lowest BCUT2D eigenvalue weighted by Gasteiger charge is -2.33. The van der Waals surface area contributed by atoms with E-state index >= 15 is 0 Å². The summed E-state index contributed by atoms with van der Waals surface area (Å²) in [5.74, 6) is 0.850. The molecule has 1 fully saturated rings. The fourth-order valence-electron chi connectivity index (χ4n) is 4.49. The van der Waals surface area contributed by atoms with E-state index in [4.69, 9.17) is 16.7 Å². The van der Waals surface area contributed by atoms with Crippen LogP contribution in [0.1, 0.15) is 31.4 Å². The molecule has 2 aromatic heterocycles. The van der Waals surface area contributed by atoms with Crippen molar-refractivity contribution >= 4 is 28.8 Å². The SMILES string of the molecule is C[C@H](NC(=O)[C@@H]1CCCN(c2nccn3nc(-c4ccccc4Cl)cc23)C1)c1ccccc1. The Kier molecular flexibility index (Phi) is 6.01. The molecule has 168 valence electrons. The van der Waals surface area contributed by atoms with Crippen molar-refractivity contribution in [3.05, 3.63) is 83.6 Å². The Bertz CT molecular complexity index is 1270. The number of amides is 1. The zero-order chi connectivity index (χ0) is 22.8. The van der Waals surface area contributed by atoms with Crippen molar-refractivity contribution in [3.63, 3.8) is 0 Å². The molecule has 7 heteroatoms. The summed E-state index contributed by atoms with van der Waals surface area (Å²) in [5, 5.41) is 8.57. The predicted octanol–water partition coefficient (Wildman–Crippen LogP) is 5.14. The third-order valence-electron chi connectivity index (χ3n) is 6.27. The molecule has 0 saturated carbocycles. The number of piperidine rings is 1. The van der Waals surface area contributed by atoms with E-state index in [-0.39, 0.29) is 17.9 Å². The van der Waals surface area contributed by atoms with Crippen LogP contribution < -0.4 is 10.2 Å². The van der Waals surface area contributed by atoms with Gasteiger partial charge in [0.1, 0.15) is 5.52 Å².